The zero-order chi connectivity index (χ0) is 21.8. The second-order valence-corrected chi connectivity index (χ2v) is 9.67. The molecule has 162 valence electrons. The molecule has 2 aromatic carbocycles. The lowest BCUT2D eigenvalue weighted by atomic mass is 10.2. The number of nitrogens with one attached hydrogen (secondary N) is 1. The summed E-state index contributed by atoms with van der Waals surface area (Å²) in [4.78, 5) is 9.46. The molecule has 0 bridgehead atoms. The third-order valence-electron chi connectivity index (χ3n) is 5.58. The van der Waals surface area contributed by atoms with Gasteiger partial charge in [0, 0.05) is 44.6 Å². The summed E-state index contributed by atoms with van der Waals surface area (Å²) < 4.78 is 28.2. The van der Waals surface area contributed by atoms with E-state index in [1.54, 1.807) is 6.07 Å². The number of hydrogen-bond donors (Lipinski definition) is 1. The SMILES string of the molecule is Cc1ccc(S(=O)(=O)Nc2ccc(CN3CCN(c4ccccn4)CC3)cc2)c(C)c1. The molecule has 1 aliphatic heterocycles. The first kappa shape index (κ1) is 21.3. The zero-order valence-electron chi connectivity index (χ0n) is 18.0. The molecule has 1 saturated heterocycles. The quantitative estimate of drug-likeness (QED) is 0.636. The minimum absolute atomic E-state index is 0.313. The summed E-state index contributed by atoms with van der Waals surface area (Å²) in [6.45, 7) is 8.46. The Morgan fingerprint density at radius 3 is 2.32 bits per heavy atom. The molecular weight excluding hydrogens is 408 g/mol. The average molecular weight is 437 g/mol. The van der Waals surface area contributed by atoms with Crippen molar-refractivity contribution in [2.24, 2.45) is 0 Å². The topological polar surface area (TPSA) is 65.5 Å². The highest BCUT2D eigenvalue weighted by molar-refractivity contribution is 7.92. The highest BCUT2D eigenvalue weighted by atomic mass is 32.2. The fourth-order valence-corrected chi connectivity index (χ4v) is 5.21. The predicted molar refractivity (Wildman–Crippen MR) is 125 cm³/mol. The summed E-state index contributed by atoms with van der Waals surface area (Å²) in [5.41, 5.74) is 3.53. The van der Waals surface area contributed by atoms with Gasteiger partial charge in [0.25, 0.3) is 10.0 Å². The van der Waals surface area contributed by atoms with Crippen LogP contribution in [0.15, 0.2) is 71.8 Å². The molecule has 0 saturated carbocycles. The summed E-state index contributed by atoms with van der Waals surface area (Å²) in [6.07, 6.45) is 1.83. The smallest absolute Gasteiger partial charge is 0.262 e. The van der Waals surface area contributed by atoms with Crippen molar-refractivity contribution in [3.63, 3.8) is 0 Å². The van der Waals surface area contributed by atoms with Crippen molar-refractivity contribution in [2.45, 2.75) is 25.3 Å². The first-order valence-electron chi connectivity index (χ1n) is 10.5. The van der Waals surface area contributed by atoms with Crippen LogP contribution >= 0.6 is 0 Å². The van der Waals surface area contributed by atoms with E-state index in [1.165, 1.54) is 5.56 Å². The number of piperazine rings is 1. The minimum atomic E-state index is -3.61. The maximum atomic E-state index is 12.8. The molecule has 7 heteroatoms. The highest BCUT2D eigenvalue weighted by Crippen LogP contribution is 2.21. The van der Waals surface area contributed by atoms with E-state index in [9.17, 15) is 8.42 Å². The lowest BCUT2D eigenvalue weighted by Crippen LogP contribution is -2.46. The Kier molecular flexibility index (Phi) is 6.25. The Labute approximate surface area is 184 Å². The number of nitrogens with zero attached hydrogens (tertiary/aromatic N) is 3. The van der Waals surface area contributed by atoms with Crippen molar-refractivity contribution in [1.82, 2.24) is 9.88 Å². The maximum Gasteiger partial charge on any atom is 0.262 e. The molecule has 0 unspecified atom stereocenters. The zero-order valence-corrected chi connectivity index (χ0v) is 18.8. The molecule has 1 N–H and O–H groups in total. The lowest BCUT2D eigenvalue weighted by Gasteiger charge is -2.35. The fraction of sp³-hybridized carbons (Fsp3) is 0.292. The molecule has 6 nitrogen and oxygen atoms in total. The highest BCUT2D eigenvalue weighted by Gasteiger charge is 2.19. The van der Waals surface area contributed by atoms with Gasteiger partial charge in [-0.2, -0.15) is 0 Å². The number of aromatic nitrogens is 1. The molecule has 31 heavy (non-hydrogen) atoms. The van der Waals surface area contributed by atoms with Gasteiger partial charge in [0.05, 0.1) is 4.90 Å². The van der Waals surface area contributed by atoms with Gasteiger partial charge in [-0.25, -0.2) is 13.4 Å². The lowest BCUT2D eigenvalue weighted by molar-refractivity contribution is 0.249. The molecular formula is C24H28N4O2S. The van der Waals surface area contributed by atoms with Crippen LogP contribution in [0.1, 0.15) is 16.7 Å². The van der Waals surface area contributed by atoms with Gasteiger partial charge in [0.15, 0.2) is 0 Å². The predicted octanol–water partition coefficient (Wildman–Crippen LogP) is 3.82. The van der Waals surface area contributed by atoms with Gasteiger partial charge < -0.3 is 4.90 Å². The van der Waals surface area contributed by atoms with Gasteiger partial charge in [0.2, 0.25) is 0 Å². The van der Waals surface area contributed by atoms with Gasteiger partial charge in [-0.05, 0) is 55.3 Å². The second-order valence-electron chi connectivity index (χ2n) is 8.02. The van der Waals surface area contributed by atoms with Crippen molar-refractivity contribution >= 4 is 21.5 Å². The van der Waals surface area contributed by atoms with E-state index in [-0.39, 0.29) is 0 Å². The number of rotatable bonds is 6. The van der Waals surface area contributed by atoms with Crippen LogP contribution < -0.4 is 9.62 Å². The largest absolute Gasteiger partial charge is 0.354 e. The molecule has 0 atom stereocenters. The Balaban J connectivity index is 1.34. The first-order valence-corrected chi connectivity index (χ1v) is 12.0. The van der Waals surface area contributed by atoms with E-state index >= 15 is 0 Å². The summed E-state index contributed by atoms with van der Waals surface area (Å²) in [7, 11) is -3.61. The van der Waals surface area contributed by atoms with Gasteiger partial charge in [-0.3, -0.25) is 9.62 Å². The molecule has 0 radical (unpaired) electrons. The maximum absolute atomic E-state index is 12.8. The van der Waals surface area contributed by atoms with Crippen LogP contribution in [-0.2, 0) is 16.6 Å². The Hall–Kier alpha value is -2.90. The molecule has 3 aromatic rings. The number of sulfonamides is 1. The summed E-state index contributed by atoms with van der Waals surface area (Å²) >= 11 is 0. The third-order valence-corrected chi connectivity index (χ3v) is 7.12. The van der Waals surface area contributed by atoms with E-state index in [0.29, 0.717) is 10.6 Å². The van der Waals surface area contributed by atoms with Crippen molar-refractivity contribution in [2.75, 3.05) is 35.8 Å². The Morgan fingerprint density at radius 2 is 1.68 bits per heavy atom. The van der Waals surface area contributed by atoms with E-state index in [1.807, 2.05) is 74.6 Å². The van der Waals surface area contributed by atoms with Gasteiger partial charge in [-0.1, -0.05) is 35.9 Å². The van der Waals surface area contributed by atoms with E-state index in [0.717, 1.165) is 49.7 Å². The number of aryl methyl sites for hydroxylation is 2. The van der Waals surface area contributed by atoms with Gasteiger partial charge >= 0.3 is 0 Å². The summed E-state index contributed by atoms with van der Waals surface area (Å²) in [5, 5.41) is 0. The first-order chi connectivity index (χ1) is 14.9. The number of anilines is 2. The molecule has 1 aromatic heterocycles. The van der Waals surface area contributed by atoms with Crippen LogP contribution in [0.2, 0.25) is 0 Å². The molecule has 4 rings (SSSR count). The van der Waals surface area contributed by atoms with E-state index < -0.39 is 10.0 Å². The summed E-state index contributed by atoms with van der Waals surface area (Å²) in [5.74, 6) is 1.03. The van der Waals surface area contributed by atoms with E-state index in [2.05, 4.69) is 19.5 Å². The Bertz CT molecular complexity index is 1120. The average Bonchev–Trinajstić information content (AvgIpc) is 2.76. The van der Waals surface area contributed by atoms with Gasteiger partial charge in [0.1, 0.15) is 5.82 Å². The molecule has 0 aliphatic carbocycles. The van der Waals surface area contributed by atoms with Crippen LogP contribution in [0.3, 0.4) is 0 Å². The normalized spacial score (nSPS) is 15.1. The van der Waals surface area contributed by atoms with Crippen molar-refractivity contribution in [1.29, 1.82) is 0 Å². The summed E-state index contributed by atoms with van der Waals surface area (Å²) in [6, 6.07) is 19.0. The number of benzene rings is 2. The van der Waals surface area contributed by atoms with Crippen LogP contribution in [0.25, 0.3) is 0 Å². The monoisotopic (exact) mass is 436 g/mol. The van der Waals surface area contributed by atoms with Crippen molar-refractivity contribution in [3.8, 4) is 0 Å². The van der Waals surface area contributed by atoms with Crippen molar-refractivity contribution < 1.29 is 8.42 Å². The molecule has 0 amide bonds. The number of pyridine rings is 1. The standard InChI is InChI=1S/C24H28N4O2S/c1-19-6-11-23(20(2)17-19)31(29,30)26-22-9-7-21(8-10-22)18-27-13-15-28(16-14-27)24-5-3-4-12-25-24/h3-12,17,26H,13-16,18H2,1-2H3. The molecule has 1 fully saturated rings. The van der Waals surface area contributed by atoms with Crippen molar-refractivity contribution in [3.05, 3.63) is 83.6 Å². The molecule has 0 spiro atoms. The minimum Gasteiger partial charge on any atom is -0.354 e. The fourth-order valence-electron chi connectivity index (χ4n) is 3.92. The third kappa shape index (κ3) is 5.24. The van der Waals surface area contributed by atoms with Crippen LogP contribution in [0.5, 0.6) is 0 Å². The molecule has 2 heterocycles. The molecule has 1 aliphatic rings. The van der Waals surface area contributed by atoms with Crippen LogP contribution in [0, 0.1) is 13.8 Å². The second kappa shape index (κ2) is 9.08. The van der Waals surface area contributed by atoms with E-state index in [4.69, 9.17) is 0 Å². The van der Waals surface area contributed by atoms with Gasteiger partial charge in [-0.15, -0.1) is 0 Å². The number of hydrogen-bond acceptors (Lipinski definition) is 5. The Morgan fingerprint density at radius 1 is 0.935 bits per heavy atom. The van der Waals surface area contributed by atoms with Crippen LogP contribution in [0.4, 0.5) is 11.5 Å². The van der Waals surface area contributed by atoms with Crippen LogP contribution in [-0.4, -0.2) is 44.5 Å².